The van der Waals surface area contributed by atoms with E-state index in [0.717, 1.165) is 11.3 Å². The van der Waals surface area contributed by atoms with Crippen LogP contribution in [0.4, 0.5) is 13.2 Å². The number of carbonyl (C=O) groups is 1. The molecule has 1 aromatic carbocycles. The molecule has 3 rings (SSSR count). The lowest BCUT2D eigenvalue weighted by atomic mass is 10.1. The maximum absolute atomic E-state index is 12.9. The third-order valence-electron chi connectivity index (χ3n) is 4.45. The first-order valence-electron chi connectivity index (χ1n) is 9.27. The molecule has 0 unspecified atom stereocenters. The number of thiophene rings is 1. The molecule has 0 N–H and O–H groups in total. The molecule has 10 heteroatoms. The molecule has 0 bridgehead atoms. The van der Waals surface area contributed by atoms with Crippen LogP contribution >= 0.6 is 22.9 Å². The van der Waals surface area contributed by atoms with Crippen molar-refractivity contribution >= 4 is 28.9 Å². The van der Waals surface area contributed by atoms with Crippen molar-refractivity contribution in [2.45, 2.75) is 32.0 Å². The van der Waals surface area contributed by atoms with Gasteiger partial charge in [-0.3, -0.25) is 9.36 Å². The van der Waals surface area contributed by atoms with Crippen LogP contribution < -0.4 is 5.56 Å². The highest BCUT2D eigenvalue weighted by atomic mass is 35.5. The number of methoxy groups -OCH3 is 1. The van der Waals surface area contributed by atoms with E-state index in [1.165, 1.54) is 17.7 Å². The molecular weight excluding hydrogens is 453 g/mol. The van der Waals surface area contributed by atoms with Gasteiger partial charge >= 0.3 is 12.1 Å². The summed E-state index contributed by atoms with van der Waals surface area (Å²) >= 11 is 7.05. The van der Waals surface area contributed by atoms with Crippen molar-refractivity contribution in [1.82, 2.24) is 9.55 Å². The first kappa shape index (κ1) is 23.0. The van der Waals surface area contributed by atoms with Crippen LogP contribution in [0.5, 0.6) is 0 Å². The van der Waals surface area contributed by atoms with Crippen LogP contribution in [0.3, 0.4) is 0 Å². The first-order valence-corrected chi connectivity index (χ1v) is 10.5. The summed E-state index contributed by atoms with van der Waals surface area (Å²) in [5, 5.41) is 0.515. The van der Waals surface area contributed by atoms with Crippen LogP contribution in [0.2, 0.25) is 5.02 Å². The molecule has 0 amide bonds. The van der Waals surface area contributed by atoms with Gasteiger partial charge in [0.25, 0.3) is 5.56 Å². The predicted octanol–water partition coefficient (Wildman–Crippen LogP) is 5.35. The fourth-order valence-corrected chi connectivity index (χ4v) is 4.00. The molecule has 0 aliphatic heterocycles. The highest BCUT2D eigenvalue weighted by Crippen LogP contribution is 2.24. The summed E-state index contributed by atoms with van der Waals surface area (Å²) in [5.74, 6) is -0.250. The zero-order valence-corrected chi connectivity index (χ0v) is 18.0. The SMILES string of the molecule is COC(=O)c1ccc(Cn2c(CCCC(F)(F)F)nc(-c3ccc(Cl)cc3)cc2=O)s1. The summed E-state index contributed by atoms with van der Waals surface area (Å²) in [6, 6.07) is 11.3. The molecule has 0 fully saturated rings. The predicted molar refractivity (Wildman–Crippen MR) is 113 cm³/mol. The third kappa shape index (κ3) is 6.18. The molecule has 0 spiro atoms. The summed E-state index contributed by atoms with van der Waals surface area (Å²) in [6.45, 7) is 0.0930. The molecule has 3 aromatic rings. The van der Waals surface area contributed by atoms with Gasteiger partial charge in [-0.1, -0.05) is 23.7 Å². The average Bonchev–Trinajstić information content (AvgIpc) is 3.18. The Balaban J connectivity index is 1.95. The number of halogens is 4. The van der Waals surface area contributed by atoms with Gasteiger partial charge in [0.15, 0.2) is 0 Å². The van der Waals surface area contributed by atoms with Gasteiger partial charge in [-0.05, 0) is 30.7 Å². The molecule has 31 heavy (non-hydrogen) atoms. The van der Waals surface area contributed by atoms with E-state index in [4.69, 9.17) is 11.6 Å². The lowest BCUT2D eigenvalue weighted by molar-refractivity contribution is -0.135. The highest BCUT2D eigenvalue weighted by molar-refractivity contribution is 7.13. The Kier molecular flexibility index (Phi) is 7.17. The van der Waals surface area contributed by atoms with E-state index in [0.29, 0.717) is 26.0 Å². The fourth-order valence-electron chi connectivity index (χ4n) is 2.96. The fraction of sp³-hybridized carbons (Fsp3) is 0.286. The zero-order valence-electron chi connectivity index (χ0n) is 16.4. The summed E-state index contributed by atoms with van der Waals surface area (Å²) < 4.78 is 43.9. The minimum atomic E-state index is -4.29. The topological polar surface area (TPSA) is 61.2 Å². The van der Waals surface area contributed by atoms with Crippen LogP contribution in [-0.4, -0.2) is 28.8 Å². The number of aromatic nitrogens is 2. The van der Waals surface area contributed by atoms with Crippen LogP contribution in [-0.2, 0) is 17.7 Å². The van der Waals surface area contributed by atoms with Crippen molar-refractivity contribution in [3.05, 3.63) is 73.4 Å². The van der Waals surface area contributed by atoms with E-state index in [2.05, 4.69) is 9.72 Å². The van der Waals surface area contributed by atoms with E-state index in [1.807, 2.05) is 0 Å². The Hall–Kier alpha value is -2.65. The standard InChI is InChI=1S/C21H18ClF3N2O3S/c1-30-20(29)17-9-8-15(31-17)12-27-18(3-2-10-21(23,24)25)26-16(11-19(27)28)13-4-6-14(22)7-5-13/h4-9,11H,2-3,10,12H2,1H3. The van der Waals surface area contributed by atoms with Crippen molar-refractivity contribution in [2.24, 2.45) is 0 Å². The Morgan fingerprint density at radius 1 is 1.19 bits per heavy atom. The Morgan fingerprint density at radius 3 is 2.55 bits per heavy atom. The van der Waals surface area contributed by atoms with Gasteiger partial charge < -0.3 is 4.74 Å². The second-order valence-electron chi connectivity index (χ2n) is 6.72. The third-order valence-corrected chi connectivity index (χ3v) is 5.75. The minimum absolute atomic E-state index is 0.0224. The van der Waals surface area contributed by atoms with E-state index in [1.54, 1.807) is 36.4 Å². The molecule has 0 aliphatic carbocycles. The smallest absolute Gasteiger partial charge is 0.389 e. The van der Waals surface area contributed by atoms with E-state index in [-0.39, 0.29) is 25.2 Å². The number of esters is 1. The quantitative estimate of drug-likeness (QED) is 0.437. The molecule has 2 heterocycles. The van der Waals surface area contributed by atoms with E-state index >= 15 is 0 Å². The van der Waals surface area contributed by atoms with Gasteiger partial charge in [0.05, 0.1) is 19.3 Å². The van der Waals surface area contributed by atoms with Gasteiger partial charge in [-0.2, -0.15) is 13.2 Å². The van der Waals surface area contributed by atoms with E-state index in [9.17, 15) is 22.8 Å². The highest BCUT2D eigenvalue weighted by Gasteiger charge is 2.26. The van der Waals surface area contributed by atoms with Crippen molar-refractivity contribution < 1.29 is 22.7 Å². The Morgan fingerprint density at radius 2 is 1.90 bits per heavy atom. The monoisotopic (exact) mass is 470 g/mol. The van der Waals surface area contributed by atoms with Crippen LogP contribution in [0.1, 0.15) is 33.2 Å². The molecule has 0 aliphatic rings. The number of rotatable bonds is 7. The summed E-state index contributed by atoms with van der Waals surface area (Å²) in [7, 11) is 1.27. The molecule has 5 nitrogen and oxygen atoms in total. The number of benzene rings is 1. The van der Waals surface area contributed by atoms with Crippen molar-refractivity contribution in [1.29, 1.82) is 0 Å². The summed E-state index contributed by atoms with van der Waals surface area (Å²) in [5.41, 5.74) is 0.603. The molecule has 0 saturated heterocycles. The number of nitrogens with zero attached hydrogens (tertiary/aromatic N) is 2. The number of aryl methyl sites for hydroxylation is 1. The van der Waals surface area contributed by atoms with Crippen LogP contribution in [0, 0.1) is 0 Å². The van der Waals surface area contributed by atoms with Crippen LogP contribution in [0.15, 0.2) is 47.3 Å². The first-order chi connectivity index (χ1) is 14.7. The maximum atomic E-state index is 12.9. The van der Waals surface area contributed by atoms with E-state index < -0.39 is 24.1 Å². The number of ether oxygens (including phenoxy) is 1. The maximum Gasteiger partial charge on any atom is 0.389 e. The number of hydrogen-bond acceptors (Lipinski definition) is 5. The van der Waals surface area contributed by atoms with Crippen molar-refractivity contribution in [3.63, 3.8) is 0 Å². The summed E-state index contributed by atoms with van der Waals surface area (Å²) in [4.78, 5) is 30.0. The second-order valence-corrected chi connectivity index (χ2v) is 8.32. The Bertz CT molecular complexity index is 1120. The lowest BCUT2D eigenvalue weighted by Gasteiger charge is -2.14. The number of hydrogen-bond donors (Lipinski definition) is 0. The summed E-state index contributed by atoms with van der Waals surface area (Å²) in [6.07, 6.45) is -5.48. The molecular formula is C21H18ClF3N2O3S. The van der Waals surface area contributed by atoms with Gasteiger partial charge in [0.1, 0.15) is 10.7 Å². The minimum Gasteiger partial charge on any atom is -0.465 e. The lowest BCUT2D eigenvalue weighted by Crippen LogP contribution is -2.25. The zero-order chi connectivity index (χ0) is 22.6. The largest absolute Gasteiger partial charge is 0.465 e. The van der Waals surface area contributed by atoms with Gasteiger partial charge in [-0.15, -0.1) is 11.3 Å². The molecule has 2 aromatic heterocycles. The molecule has 164 valence electrons. The normalized spacial score (nSPS) is 11.5. The number of alkyl halides is 3. The average molecular weight is 471 g/mol. The molecule has 0 saturated carbocycles. The Labute approximate surface area is 185 Å². The van der Waals surface area contributed by atoms with Gasteiger partial charge in [0, 0.05) is 34.4 Å². The second kappa shape index (κ2) is 9.65. The van der Waals surface area contributed by atoms with Crippen molar-refractivity contribution in [3.8, 4) is 11.3 Å². The van der Waals surface area contributed by atoms with Gasteiger partial charge in [-0.25, -0.2) is 9.78 Å². The van der Waals surface area contributed by atoms with Gasteiger partial charge in [0.2, 0.25) is 0 Å². The molecule has 0 radical (unpaired) electrons. The van der Waals surface area contributed by atoms with Crippen molar-refractivity contribution in [2.75, 3.05) is 7.11 Å². The van der Waals surface area contributed by atoms with Crippen LogP contribution in [0.25, 0.3) is 11.3 Å². The number of carbonyl (C=O) groups excluding carboxylic acids is 1. The molecule has 0 atom stereocenters.